The van der Waals surface area contributed by atoms with Gasteiger partial charge in [0.1, 0.15) is 0 Å². The molecule has 0 bridgehead atoms. The average Bonchev–Trinajstić information content (AvgIpc) is 2.26. The van der Waals surface area contributed by atoms with E-state index in [4.69, 9.17) is 9.47 Å². The summed E-state index contributed by atoms with van der Waals surface area (Å²) in [5, 5.41) is 19.8. The molecule has 2 N–H and O–H groups in total. The van der Waals surface area contributed by atoms with Crippen molar-refractivity contribution in [3.8, 4) is 0 Å². The zero-order chi connectivity index (χ0) is 16.0. The first-order valence-electron chi connectivity index (χ1n) is 7.51. The SMILES string of the molecule is CCC(C)(CC(O)COC)C(C)(C)OCCC(C)(C)O. The van der Waals surface area contributed by atoms with Crippen molar-refractivity contribution in [2.75, 3.05) is 20.3 Å². The Morgan fingerprint density at radius 2 is 1.65 bits per heavy atom. The Hall–Kier alpha value is -0.160. The molecule has 0 rings (SSSR count). The molecule has 0 amide bonds. The standard InChI is InChI=1S/C16H34O4/c1-8-16(6,11-13(17)12-19-7)15(4,5)20-10-9-14(2,3)18/h13,17-18H,8-12H2,1-7H3. The van der Waals surface area contributed by atoms with Crippen molar-refractivity contribution in [2.45, 2.75) is 78.1 Å². The Kier molecular flexibility index (Phi) is 7.67. The highest BCUT2D eigenvalue weighted by Crippen LogP contribution is 2.41. The predicted molar refractivity (Wildman–Crippen MR) is 81.8 cm³/mol. The summed E-state index contributed by atoms with van der Waals surface area (Å²) in [7, 11) is 1.59. The monoisotopic (exact) mass is 290 g/mol. The van der Waals surface area contributed by atoms with Gasteiger partial charge < -0.3 is 19.7 Å². The van der Waals surface area contributed by atoms with Crippen molar-refractivity contribution in [2.24, 2.45) is 5.41 Å². The molecule has 20 heavy (non-hydrogen) atoms. The Balaban J connectivity index is 4.64. The van der Waals surface area contributed by atoms with Crippen molar-refractivity contribution in [1.82, 2.24) is 0 Å². The van der Waals surface area contributed by atoms with Crippen LogP contribution in [0.15, 0.2) is 0 Å². The fraction of sp³-hybridized carbons (Fsp3) is 1.00. The van der Waals surface area contributed by atoms with Gasteiger partial charge in [0.2, 0.25) is 0 Å². The molecule has 0 heterocycles. The molecular weight excluding hydrogens is 256 g/mol. The van der Waals surface area contributed by atoms with Crippen LogP contribution in [0.25, 0.3) is 0 Å². The quantitative estimate of drug-likeness (QED) is 0.649. The second kappa shape index (κ2) is 7.74. The summed E-state index contributed by atoms with van der Waals surface area (Å²) >= 11 is 0. The number of aliphatic hydroxyl groups is 2. The van der Waals surface area contributed by atoms with E-state index in [1.807, 2.05) is 0 Å². The van der Waals surface area contributed by atoms with Gasteiger partial charge in [-0.2, -0.15) is 0 Å². The maximum absolute atomic E-state index is 10.0. The molecule has 4 heteroatoms. The predicted octanol–water partition coefficient (Wildman–Crippen LogP) is 2.76. The lowest BCUT2D eigenvalue weighted by Gasteiger charge is -2.45. The number of hydrogen-bond donors (Lipinski definition) is 2. The van der Waals surface area contributed by atoms with Crippen LogP contribution in [0.1, 0.15) is 60.8 Å². The van der Waals surface area contributed by atoms with Crippen LogP contribution in [0.5, 0.6) is 0 Å². The number of aliphatic hydroxyl groups excluding tert-OH is 1. The molecule has 0 aromatic heterocycles. The summed E-state index contributed by atoms with van der Waals surface area (Å²) in [6.07, 6.45) is 1.65. The molecule has 2 unspecified atom stereocenters. The van der Waals surface area contributed by atoms with Gasteiger partial charge in [-0.1, -0.05) is 13.8 Å². The van der Waals surface area contributed by atoms with Gasteiger partial charge in [0, 0.05) is 7.11 Å². The van der Waals surface area contributed by atoms with E-state index in [2.05, 4.69) is 27.7 Å². The minimum atomic E-state index is -0.714. The molecule has 0 aliphatic carbocycles. The lowest BCUT2D eigenvalue weighted by molar-refractivity contribution is -0.133. The molecule has 0 aromatic rings. The minimum Gasteiger partial charge on any atom is -0.391 e. The Morgan fingerprint density at radius 3 is 2.05 bits per heavy atom. The highest BCUT2D eigenvalue weighted by atomic mass is 16.5. The van der Waals surface area contributed by atoms with Crippen molar-refractivity contribution in [3.05, 3.63) is 0 Å². The zero-order valence-corrected chi connectivity index (χ0v) is 14.3. The highest BCUT2D eigenvalue weighted by molar-refractivity contribution is 4.92. The summed E-state index contributed by atoms with van der Waals surface area (Å²) in [5.74, 6) is 0. The molecule has 0 radical (unpaired) electrons. The number of hydrogen-bond acceptors (Lipinski definition) is 4. The van der Waals surface area contributed by atoms with Crippen molar-refractivity contribution < 1.29 is 19.7 Å². The zero-order valence-electron chi connectivity index (χ0n) is 14.3. The minimum absolute atomic E-state index is 0.148. The molecule has 0 aliphatic rings. The van der Waals surface area contributed by atoms with Crippen LogP contribution < -0.4 is 0 Å². The van der Waals surface area contributed by atoms with E-state index in [0.717, 1.165) is 6.42 Å². The molecule has 0 saturated carbocycles. The lowest BCUT2D eigenvalue weighted by atomic mass is 9.69. The summed E-state index contributed by atoms with van der Waals surface area (Å²) in [6.45, 7) is 12.8. The highest BCUT2D eigenvalue weighted by Gasteiger charge is 2.42. The van der Waals surface area contributed by atoms with E-state index in [1.165, 1.54) is 0 Å². The maximum Gasteiger partial charge on any atom is 0.0779 e. The van der Waals surface area contributed by atoms with E-state index >= 15 is 0 Å². The third kappa shape index (κ3) is 6.53. The van der Waals surface area contributed by atoms with Crippen molar-refractivity contribution in [3.63, 3.8) is 0 Å². The molecule has 0 aromatic carbocycles. The smallest absolute Gasteiger partial charge is 0.0779 e. The van der Waals surface area contributed by atoms with Crippen molar-refractivity contribution >= 4 is 0 Å². The molecule has 0 saturated heterocycles. The number of methoxy groups -OCH3 is 1. The van der Waals surface area contributed by atoms with E-state index in [0.29, 0.717) is 26.1 Å². The van der Waals surface area contributed by atoms with Crippen molar-refractivity contribution in [1.29, 1.82) is 0 Å². The Labute approximate surface area is 124 Å². The van der Waals surface area contributed by atoms with Crippen LogP contribution in [-0.4, -0.2) is 47.8 Å². The molecule has 0 fully saturated rings. The summed E-state index contributed by atoms with van der Waals surface area (Å²) in [5.41, 5.74) is -1.24. The van der Waals surface area contributed by atoms with Gasteiger partial charge >= 0.3 is 0 Å². The third-order valence-electron chi connectivity index (χ3n) is 4.46. The summed E-state index contributed by atoms with van der Waals surface area (Å²) in [6, 6.07) is 0. The molecule has 0 spiro atoms. The molecular formula is C16H34O4. The maximum atomic E-state index is 10.0. The second-order valence-electron chi connectivity index (χ2n) is 7.15. The molecule has 0 aliphatic heterocycles. The van der Waals surface area contributed by atoms with Gasteiger partial charge in [-0.3, -0.25) is 0 Å². The lowest BCUT2D eigenvalue weighted by Crippen LogP contribution is -2.46. The fourth-order valence-corrected chi connectivity index (χ4v) is 2.32. The molecule has 4 nitrogen and oxygen atoms in total. The number of rotatable bonds is 10. The molecule has 122 valence electrons. The topological polar surface area (TPSA) is 58.9 Å². The average molecular weight is 290 g/mol. The van der Waals surface area contributed by atoms with Gasteiger partial charge in [0.05, 0.1) is 30.5 Å². The van der Waals surface area contributed by atoms with Gasteiger partial charge in [0.15, 0.2) is 0 Å². The van der Waals surface area contributed by atoms with Crippen LogP contribution in [-0.2, 0) is 9.47 Å². The normalized spacial score (nSPS) is 17.9. The first-order chi connectivity index (χ1) is 8.97. The first-order valence-corrected chi connectivity index (χ1v) is 7.51. The largest absolute Gasteiger partial charge is 0.391 e. The van der Waals surface area contributed by atoms with E-state index < -0.39 is 11.7 Å². The van der Waals surface area contributed by atoms with E-state index in [1.54, 1.807) is 21.0 Å². The van der Waals surface area contributed by atoms with Crippen LogP contribution in [0, 0.1) is 5.41 Å². The molecule has 2 atom stereocenters. The summed E-state index contributed by atoms with van der Waals surface area (Å²) < 4.78 is 11.0. The second-order valence-corrected chi connectivity index (χ2v) is 7.15. The van der Waals surface area contributed by atoms with Crippen LogP contribution in [0.4, 0.5) is 0 Å². The third-order valence-corrected chi connectivity index (χ3v) is 4.46. The van der Waals surface area contributed by atoms with Gasteiger partial charge in [-0.25, -0.2) is 0 Å². The Morgan fingerprint density at radius 1 is 1.10 bits per heavy atom. The van der Waals surface area contributed by atoms with Crippen LogP contribution in [0.2, 0.25) is 0 Å². The van der Waals surface area contributed by atoms with Gasteiger partial charge in [0.25, 0.3) is 0 Å². The van der Waals surface area contributed by atoms with E-state index in [-0.39, 0.29) is 11.0 Å². The number of ether oxygens (including phenoxy) is 2. The Bertz CT molecular complexity index is 270. The summed E-state index contributed by atoms with van der Waals surface area (Å²) in [4.78, 5) is 0. The van der Waals surface area contributed by atoms with Gasteiger partial charge in [-0.15, -0.1) is 0 Å². The van der Waals surface area contributed by atoms with Gasteiger partial charge in [-0.05, 0) is 52.4 Å². The van der Waals surface area contributed by atoms with E-state index in [9.17, 15) is 10.2 Å². The van der Waals surface area contributed by atoms with Crippen LogP contribution in [0.3, 0.4) is 0 Å². The first kappa shape index (κ1) is 19.8. The fourth-order valence-electron chi connectivity index (χ4n) is 2.32. The van der Waals surface area contributed by atoms with Crippen LogP contribution >= 0.6 is 0 Å².